The number of aromatic nitrogens is 2. The lowest BCUT2D eigenvalue weighted by Crippen LogP contribution is -2.54. The van der Waals surface area contributed by atoms with Crippen LogP contribution >= 0.6 is 0 Å². The van der Waals surface area contributed by atoms with Gasteiger partial charge < -0.3 is 19.3 Å². The molecule has 1 unspecified atom stereocenters. The average molecular weight is 476 g/mol. The molecule has 0 spiro atoms. The highest BCUT2D eigenvalue weighted by molar-refractivity contribution is 7.89. The second-order valence-electron chi connectivity index (χ2n) is 8.12. The fraction of sp³-hybridized carbons (Fsp3) is 0.500. The first kappa shape index (κ1) is 23.2. The number of ether oxygens (including phenoxy) is 2. The maximum absolute atomic E-state index is 13.4. The Balaban J connectivity index is 1.47. The SMILES string of the molecule is COc1ccc(S(=O)(=O)N2CCCC2C(=O)N2CCN(c3cc(C)ncn3)CC2)cc1OC. The van der Waals surface area contributed by atoms with E-state index in [1.54, 1.807) is 11.0 Å². The third-order valence-corrected chi connectivity index (χ3v) is 8.06. The van der Waals surface area contributed by atoms with E-state index in [0.717, 1.165) is 11.5 Å². The Morgan fingerprint density at radius 3 is 2.39 bits per heavy atom. The molecule has 2 saturated heterocycles. The molecule has 1 aromatic carbocycles. The molecular weight excluding hydrogens is 446 g/mol. The van der Waals surface area contributed by atoms with Crippen LogP contribution in [0.3, 0.4) is 0 Å². The fourth-order valence-electron chi connectivity index (χ4n) is 4.37. The van der Waals surface area contributed by atoms with Crippen LogP contribution in [0.2, 0.25) is 0 Å². The van der Waals surface area contributed by atoms with Crippen molar-refractivity contribution in [1.29, 1.82) is 0 Å². The summed E-state index contributed by atoms with van der Waals surface area (Å²) in [4.78, 5) is 25.8. The van der Waals surface area contributed by atoms with E-state index in [4.69, 9.17) is 9.47 Å². The van der Waals surface area contributed by atoms with Crippen molar-refractivity contribution in [2.75, 3.05) is 51.8 Å². The molecule has 0 bridgehead atoms. The average Bonchev–Trinajstić information content (AvgIpc) is 3.34. The molecule has 2 aliphatic rings. The molecule has 4 rings (SSSR count). The van der Waals surface area contributed by atoms with Crippen LogP contribution in [0.4, 0.5) is 5.82 Å². The maximum atomic E-state index is 13.4. The molecule has 0 saturated carbocycles. The zero-order valence-corrected chi connectivity index (χ0v) is 19.9. The van der Waals surface area contributed by atoms with E-state index in [0.29, 0.717) is 57.1 Å². The van der Waals surface area contributed by atoms with Gasteiger partial charge >= 0.3 is 0 Å². The molecule has 2 fully saturated rings. The van der Waals surface area contributed by atoms with Gasteiger partial charge in [-0.05, 0) is 31.9 Å². The number of aryl methyl sites for hydroxylation is 1. The number of hydrogen-bond acceptors (Lipinski definition) is 8. The minimum atomic E-state index is -3.86. The van der Waals surface area contributed by atoms with E-state index < -0.39 is 16.1 Å². The Hall–Kier alpha value is -2.92. The second-order valence-corrected chi connectivity index (χ2v) is 10.0. The lowest BCUT2D eigenvalue weighted by molar-refractivity contribution is -0.134. The number of nitrogens with zero attached hydrogens (tertiary/aromatic N) is 5. The highest BCUT2D eigenvalue weighted by Gasteiger charge is 2.42. The summed E-state index contributed by atoms with van der Waals surface area (Å²) in [5, 5.41) is 0. The van der Waals surface area contributed by atoms with Gasteiger partial charge in [-0.2, -0.15) is 4.31 Å². The molecule has 11 heteroatoms. The molecule has 178 valence electrons. The van der Waals surface area contributed by atoms with Gasteiger partial charge in [0.15, 0.2) is 11.5 Å². The lowest BCUT2D eigenvalue weighted by atomic mass is 10.2. The molecular formula is C22H29N5O5S. The third-order valence-electron chi connectivity index (χ3n) is 6.16. The molecule has 1 aromatic heterocycles. The molecule has 10 nitrogen and oxygen atoms in total. The van der Waals surface area contributed by atoms with Crippen molar-refractivity contribution in [2.24, 2.45) is 0 Å². The van der Waals surface area contributed by atoms with Gasteiger partial charge in [0.05, 0.1) is 19.1 Å². The fourth-order valence-corrected chi connectivity index (χ4v) is 6.03. The van der Waals surface area contributed by atoms with E-state index in [-0.39, 0.29) is 10.8 Å². The van der Waals surface area contributed by atoms with Crippen LogP contribution in [0, 0.1) is 6.92 Å². The number of hydrogen-bond donors (Lipinski definition) is 0. The van der Waals surface area contributed by atoms with E-state index in [1.807, 2.05) is 13.0 Å². The van der Waals surface area contributed by atoms with Crippen LogP contribution in [0.5, 0.6) is 11.5 Å². The largest absolute Gasteiger partial charge is 0.493 e. The standard InChI is InChI=1S/C22H29N5O5S/c1-16-13-21(24-15-23-16)25-9-11-26(12-10-25)22(28)18-5-4-8-27(18)33(29,30)17-6-7-19(31-2)20(14-17)32-3/h6-7,13-15,18H,4-5,8-12H2,1-3H3. The molecule has 3 heterocycles. The Labute approximate surface area is 194 Å². The van der Waals surface area contributed by atoms with Crippen LogP contribution in [0.1, 0.15) is 18.5 Å². The first-order chi connectivity index (χ1) is 15.8. The summed E-state index contributed by atoms with van der Waals surface area (Å²) < 4.78 is 38.6. The monoisotopic (exact) mass is 475 g/mol. The number of benzene rings is 1. The number of rotatable bonds is 6. The van der Waals surface area contributed by atoms with Crippen LogP contribution in [0.25, 0.3) is 0 Å². The zero-order valence-electron chi connectivity index (χ0n) is 19.1. The molecule has 1 amide bonds. The van der Waals surface area contributed by atoms with E-state index in [1.165, 1.54) is 37.0 Å². The normalized spacial score (nSPS) is 19.5. The van der Waals surface area contributed by atoms with Gasteiger partial charge in [-0.1, -0.05) is 0 Å². The van der Waals surface area contributed by atoms with Gasteiger partial charge in [-0.3, -0.25) is 4.79 Å². The van der Waals surface area contributed by atoms with Crippen LogP contribution in [-0.2, 0) is 14.8 Å². The molecule has 0 radical (unpaired) electrons. The van der Waals surface area contributed by atoms with Crippen LogP contribution in [0.15, 0.2) is 35.5 Å². The highest BCUT2D eigenvalue weighted by atomic mass is 32.2. The topological polar surface area (TPSA) is 105 Å². The quantitative estimate of drug-likeness (QED) is 0.616. The molecule has 33 heavy (non-hydrogen) atoms. The second kappa shape index (κ2) is 9.52. The Kier molecular flexibility index (Phi) is 6.71. The number of methoxy groups -OCH3 is 2. The van der Waals surface area contributed by atoms with E-state index in [2.05, 4.69) is 14.9 Å². The summed E-state index contributed by atoms with van der Waals surface area (Å²) in [5.41, 5.74) is 0.889. The van der Waals surface area contributed by atoms with Crippen molar-refractivity contribution < 1.29 is 22.7 Å². The van der Waals surface area contributed by atoms with Crippen molar-refractivity contribution >= 4 is 21.7 Å². The molecule has 0 aliphatic carbocycles. The van der Waals surface area contributed by atoms with Gasteiger partial charge in [-0.15, -0.1) is 0 Å². The summed E-state index contributed by atoms with van der Waals surface area (Å²) >= 11 is 0. The number of amides is 1. The van der Waals surface area contributed by atoms with Crippen LogP contribution in [-0.4, -0.2) is 86.5 Å². The number of piperazine rings is 1. The summed E-state index contributed by atoms with van der Waals surface area (Å²) in [6.07, 6.45) is 2.69. The van der Waals surface area contributed by atoms with Gasteiger partial charge in [0.2, 0.25) is 15.9 Å². The lowest BCUT2D eigenvalue weighted by Gasteiger charge is -2.37. The predicted octanol–water partition coefficient (Wildman–Crippen LogP) is 1.30. The van der Waals surface area contributed by atoms with Crippen molar-refractivity contribution in [2.45, 2.75) is 30.7 Å². The van der Waals surface area contributed by atoms with Crippen molar-refractivity contribution in [3.05, 3.63) is 36.3 Å². The number of anilines is 1. The van der Waals surface area contributed by atoms with Crippen molar-refractivity contribution in [3.63, 3.8) is 0 Å². The predicted molar refractivity (Wildman–Crippen MR) is 122 cm³/mol. The smallest absolute Gasteiger partial charge is 0.243 e. The van der Waals surface area contributed by atoms with Crippen LogP contribution < -0.4 is 14.4 Å². The van der Waals surface area contributed by atoms with E-state index >= 15 is 0 Å². The molecule has 2 aliphatic heterocycles. The molecule has 1 atom stereocenters. The summed E-state index contributed by atoms with van der Waals surface area (Å²) in [6, 6.07) is 5.71. The third kappa shape index (κ3) is 4.60. The maximum Gasteiger partial charge on any atom is 0.243 e. The number of carbonyl (C=O) groups excluding carboxylic acids is 1. The Bertz CT molecular complexity index is 1120. The van der Waals surface area contributed by atoms with Crippen molar-refractivity contribution in [3.8, 4) is 11.5 Å². The first-order valence-electron chi connectivity index (χ1n) is 10.9. The van der Waals surface area contributed by atoms with E-state index in [9.17, 15) is 13.2 Å². The van der Waals surface area contributed by atoms with Gasteiger partial charge in [-0.25, -0.2) is 18.4 Å². The van der Waals surface area contributed by atoms with Gasteiger partial charge in [0.25, 0.3) is 0 Å². The zero-order chi connectivity index (χ0) is 23.6. The number of carbonyl (C=O) groups is 1. The molecule has 0 N–H and O–H groups in total. The highest BCUT2D eigenvalue weighted by Crippen LogP contribution is 2.33. The minimum absolute atomic E-state index is 0.0869. The van der Waals surface area contributed by atoms with Gasteiger partial charge in [0.1, 0.15) is 18.2 Å². The Morgan fingerprint density at radius 2 is 1.73 bits per heavy atom. The first-order valence-corrected chi connectivity index (χ1v) is 12.4. The molecule has 2 aromatic rings. The van der Waals surface area contributed by atoms with Gasteiger partial charge in [0, 0.05) is 50.6 Å². The summed E-state index contributed by atoms with van der Waals surface area (Å²) in [5.74, 6) is 1.47. The summed E-state index contributed by atoms with van der Waals surface area (Å²) in [6.45, 7) is 4.53. The minimum Gasteiger partial charge on any atom is -0.493 e. The Morgan fingerprint density at radius 1 is 1.00 bits per heavy atom. The van der Waals surface area contributed by atoms with Crippen molar-refractivity contribution in [1.82, 2.24) is 19.2 Å². The summed E-state index contributed by atoms with van der Waals surface area (Å²) in [7, 11) is -0.915. The number of sulfonamides is 1.